The number of nitrogen functional groups attached to an aromatic ring is 1. The van der Waals surface area contributed by atoms with Gasteiger partial charge < -0.3 is 20.9 Å². The Morgan fingerprint density at radius 1 is 1.61 bits per heavy atom. The van der Waals surface area contributed by atoms with E-state index in [2.05, 4.69) is 22.1 Å². The minimum absolute atomic E-state index is 0.0963. The molecule has 1 heterocycles. The monoisotopic (exact) mass is 256 g/mol. The van der Waals surface area contributed by atoms with Gasteiger partial charge in [0.05, 0.1) is 20.3 Å². The highest BCUT2D eigenvalue weighted by atomic mass is 16.5. The minimum atomic E-state index is -0.532. The van der Waals surface area contributed by atoms with Gasteiger partial charge in [0.25, 0.3) is 0 Å². The van der Waals surface area contributed by atoms with Crippen LogP contribution in [0.25, 0.3) is 0 Å². The molecule has 0 unspecified atom stereocenters. The molecule has 1 aromatic heterocycles. The number of hydrogen-bond donors (Lipinski definition) is 3. The molecule has 0 amide bonds. The first-order valence-electron chi connectivity index (χ1n) is 5.95. The van der Waals surface area contributed by atoms with Crippen LogP contribution in [0.15, 0.2) is 0 Å². The van der Waals surface area contributed by atoms with Gasteiger partial charge in [0, 0.05) is 6.54 Å². The smallest absolute Gasteiger partial charge is 0.345 e. The summed E-state index contributed by atoms with van der Waals surface area (Å²) in [4.78, 5) is 11.6. The van der Waals surface area contributed by atoms with Crippen molar-refractivity contribution in [2.24, 2.45) is 0 Å². The van der Waals surface area contributed by atoms with Crippen molar-refractivity contribution in [3.05, 3.63) is 5.56 Å². The number of esters is 1. The molecule has 7 nitrogen and oxygen atoms in total. The highest BCUT2D eigenvalue weighted by Crippen LogP contribution is 2.22. The van der Waals surface area contributed by atoms with Crippen molar-refractivity contribution < 1.29 is 14.6 Å². The molecule has 0 aliphatic rings. The summed E-state index contributed by atoms with van der Waals surface area (Å²) in [6.45, 7) is 2.92. The van der Waals surface area contributed by atoms with E-state index >= 15 is 0 Å². The zero-order chi connectivity index (χ0) is 13.5. The maximum absolute atomic E-state index is 11.6. The summed E-state index contributed by atoms with van der Waals surface area (Å²) >= 11 is 0. The van der Waals surface area contributed by atoms with Crippen LogP contribution in [0.1, 0.15) is 30.1 Å². The van der Waals surface area contributed by atoms with Gasteiger partial charge in [0.15, 0.2) is 5.82 Å². The Hall–Kier alpha value is -1.76. The molecule has 0 aromatic carbocycles. The van der Waals surface area contributed by atoms with Crippen LogP contribution in [0.5, 0.6) is 0 Å². The molecule has 0 spiro atoms. The predicted molar refractivity (Wildman–Crippen MR) is 68.5 cm³/mol. The van der Waals surface area contributed by atoms with Gasteiger partial charge in [-0.15, -0.1) is 0 Å². The molecule has 0 radical (unpaired) electrons. The number of nitrogens with one attached hydrogen (secondary N) is 1. The van der Waals surface area contributed by atoms with Crippen LogP contribution in [0.3, 0.4) is 0 Å². The third kappa shape index (κ3) is 3.13. The van der Waals surface area contributed by atoms with E-state index in [9.17, 15) is 4.79 Å². The summed E-state index contributed by atoms with van der Waals surface area (Å²) in [5, 5.41) is 16.1. The first kappa shape index (κ1) is 14.3. The Morgan fingerprint density at radius 2 is 2.33 bits per heavy atom. The molecule has 102 valence electrons. The van der Waals surface area contributed by atoms with Crippen LogP contribution in [-0.2, 0) is 11.3 Å². The number of carbonyl (C=O) groups is 1. The topological polar surface area (TPSA) is 102 Å². The molecular formula is C11H20N4O3. The zero-order valence-electron chi connectivity index (χ0n) is 10.8. The summed E-state index contributed by atoms with van der Waals surface area (Å²) in [7, 11) is 1.29. The fourth-order valence-corrected chi connectivity index (χ4v) is 1.55. The number of ether oxygens (including phenoxy) is 1. The second-order valence-electron chi connectivity index (χ2n) is 3.83. The zero-order valence-corrected chi connectivity index (χ0v) is 10.8. The molecule has 7 heteroatoms. The number of hydrogen-bond acceptors (Lipinski definition) is 6. The van der Waals surface area contributed by atoms with Crippen molar-refractivity contribution in [3.63, 3.8) is 0 Å². The molecule has 0 saturated carbocycles. The average molecular weight is 256 g/mol. The van der Waals surface area contributed by atoms with Crippen LogP contribution in [0, 0.1) is 0 Å². The van der Waals surface area contributed by atoms with Crippen LogP contribution >= 0.6 is 0 Å². The van der Waals surface area contributed by atoms with E-state index in [1.165, 1.54) is 11.8 Å². The van der Waals surface area contributed by atoms with Crippen molar-refractivity contribution in [1.82, 2.24) is 9.78 Å². The van der Waals surface area contributed by atoms with Gasteiger partial charge in [-0.3, -0.25) is 0 Å². The maximum atomic E-state index is 11.6. The van der Waals surface area contributed by atoms with Crippen LogP contribution in [-0.4, -0.2) is 41.1 Å². The van der Waals surface area contributed by atoms with Gasteiger partial charge in [-0.05, 0) is 6.42 Å². The molecule has 0 aliphatic heterocycles. The van der Waals surface area contributed by atoms with Crippen molar-refractivity contribution in [2.75, 3.05) is 31.3 Å². The number of aliphatic hydroxyl groups is 1. The van der Waals surface area contributed by atoms with Crippen LogP contribution < -0.4 is 11.1 Å². The Morgan fingerprint density at radius 3 is 2.89 bits per heavy atom. The minimum Gasteiger partial charge on any atom is -0.465 e. The van der Waals surface area contributed by atoms with E-state index in [4.69, 9.17) is 10.8 Å². The third-order valence-corrected chi connectivity index (χ3v) is 2.52. The van der Waals surface area contributed by atoms with Crippen molar-refractivity contribution >= 4 is 17.6 Å². The van der Waals surface area contributed by atoms with Crippen molar-refractivity contribution in [3.8, 4) is 0 Å². The van der Waals surface area contributed by atoms with E-state index < -0.39 is 5.97 Å². The number of methoxy groups -OCH3 is 1. The van der Waals surface area contributed by atoms with Crippen molar-refractivity contribution in [1.29, 1.82) is 0 Å². The van der Waals surface area contributed by atoms with Crippen molar-refractivity contribution in [2.45, 2.75) is 26.3 Å². The summed E-state index contributed by atoms with van der Waals surface area (Å²) < 4.78 is 6.07. The number of anilines is 2. The summed E-state index contributed by atoms with van der Waals surface area (Å²) in [6, 6.07) is 0. The second kappa shape index (κ2) is 6.85. The molecule has 1 rings (SSSR count). The molecule has 4 N–H and O–H groups in total. The lowest BCUT2D eigenvalue weighted by molar-refractivity contribution is 0.0603. The number of aromatic nitrogens is 2. The quantitative estimate of drug-likeness (QED) is 0.483. The average Bonchev–Trinajstić information content (AvgIpc) is 2.66. The largest absolute Gasteiger partial charge is 0.465 e. The van der Waals surface area contributed by atoms with E-state index in [-0.39, 0.29) is 24.5 Å². The normalized spacial score (nSPS) is 10.4. The second-order valence-corrected chi connectivity index (χ2v) is 3.83. The fourth-order valence-electron chi connectivity index (χ4n) is 1.55. The summed E-state index contributed by atoms with van der Waals surface area (Å²) in [6.07, 6.45) is 2.00. The molecule has 0 aliphatic carbocycles. The van der Waals surface area contributed by atoms with Gasteiger partial charge in [0.1, 0.15) is 11.4 Å². The standard InChI is InChI=1S/C11H20N4O3/c1-3-4-5-13-10-8(11(17)18-2)9(12)15(14-10)6-7-16/h16H,3-7,12H2,1-2H3,(H,13,14). The van der Waals surface area contributed by atoms with E-state index in [0.29, 0.717) is 12.4 Å². The maximum Gasteiger partial charge on any atom is 0.345 e. The van der Waals surface area contributed by atoms with Gasteiger partial charge in [-0.1, -0.05) is 13.3 Å². The fraction of sp³-hybridized carbons (Fsp3) is 0.636. The number of rotatable bonds is 7. The van der Waals surface area contributed by atoms with Gasteiger partial charge in [-0.25, -0.2) is 9.48 Å². The SMILES string of the molecule is CCCCNc1nn(CCO)c(N)c1C(=O)OC. The van der Waals surface area contributed by atoms with E-state index in [0.717, 1.165) is 12.8 Å². The molecule has 0 saturated heterocycles. The number of nitrogens with two attached hydrogens (primary N) is 1. The van der Waals surface area contributed by atoms with Gasteiger partial charge in [0.2, 0.25) is 0 Å². The number of unbranched alkanes of at least 4 members (excludes halogenated alkanes) is 1. The molecule has 0 bridgehead atoms. The molecular weight excluding hydrogens is 236 g/mol. The Kier molecular flexibility index (Phi) is 5.44. The Labute approximate surface area is 106 Å². The lowest BCUT2D eigenvalue weighted by Gasteiger charge is -2.03. The highest BCUT2D eigenvalue weighted by Gasteiger charge is 2.22. The third-order valence-electron chi connectivity index (χ3n) is 2.52. The van der Waals surface area contributed by atoms with E-state index in [1.54, 1.807) is 0 Å². The molecule has 1 aromatic rings. The number of carbonyl (C=O) groups excluding carboxylic acids is 1. The Bertz CT molecular complexity index is 403. The molecule has 18 heavy (non-hydrogen) atoms. The number of aliphatic hydroxyl groups excluding tert-OH is 1. The summed E-state index contributed by atoms with van der Waals surface area (Å²) in [5.41, 5.74) is 6.04. The van der Waals surface area contributed by atoms with Gasteiger partial charge >= 0.3 is 5.97 Å². The highest BCUT2D eigenvalue weighted by molar-refractivity contribution is 5.99. The molecule has 0 atom stereocenters. The van der Waals surface area contributed by atoms with Crippen LogP contribution in [0.4, 0.5) is 11.6 Å². The van der Waals surface area contributed by atoms with Crippen LogP contribution in [0.2, 0.25) is 0 Å². The lowest BCUT2D eigenvalue weighted by Crippen LogP contribution is -2.10. The number of nitrogens with zero attached hydrogens (tertiary/aromatic N) is 2. The lowest BCUT2D eigenvalue weighted by atomic mass is 10.3. The van der Waals surface area contributed by atoms with E-state index in [1.807, 2.05) is 0 Å². The predicted octanol–water partition coefficient (Wildman–Crippen LogP) is 0.456. The summed E-state index contributed by atoms with van der Waals surface area (Å²) in [5.74, 6) is 0.0758. The Balaban J connectivity index is 2.97. The first-order valence-corrected chi connectivity index (χ1v) is 5.95. The first-order chi connectivity index (χ1) is 8.65. The molecule has 0 fully saturated rings. The van der Waals surface area contributed by atoms with Gasteiger partial charge in [-0.2, -0.15) is 5.10 Å².